The molecule has 1 aromatic carbocycles. The van der Waals surface area contributed by atoms with Gasteiger partial charge >= 0.3 is 29.8 Å². The Labute approximate surface area is 523 Å². The number of carbonyl (C=O) groups is 7. The summed E-state index contributed by atoms with van der Waals surface area (Å²) in [5.74, 6) is -15.3. The molecule has 492 valence electrons. The van der Waals surface area contributed by atoms with E-state index in [1.54, 1.807) is 70.5 Å². The summed E-state index contributed by atoms with van der Waals surface area (Å²) >= 11 is 0. The van der Waals surface area contributed by atoms with Crippen molar-refractivity contribution in [3.8, 4) is 11.5 Å². The van der Waals surface area contributed by atoms with E-state index < -0.39 is 71.4 Å². The highest BCUT2D eigenvalue weighted by molar-refractivity contribution is 5.86. The first-order chi connectivity index (χ1) is 44.3. The van der Waals surface area contributed by atoms with E-state index in [-0.39, 0.29) is 178 Å². The van der Waals surface area contributed by atoms with E-state index in [1.165, 1.54) is 24.3 Å². The van der Waals surface area contributed by atoms with Crippen LogP contribution in [0.15, 0.2) is 91.0 Å². The first-order valence-electron chi connectivity index (χ1n) is 28.6. The summed E-state index contributed by atoms with van der Waals surface area (Å²) in [6.45, 7) is 2.56. The van der Waals surface area contributed by atoms with Crippen molar-refractivity contribution in [1.29, 1.82) is 0 Å². The number of benzene rings is 1. The van der Waals surface area contributed by atoms with Gasteiger partial charge in [0, 0.05) is 83.4 Å². The zero-order chi connectivity index (χ0) is 66.2. The highest BCUT2D eigenvalue weighted by Gasteiger charge is 2.24. The second-order valence-electron chi connectivity index (χ2n) is 19.9. The van der Waals surface area contributed by atoms with E-state index in [0.29, 0.717) is 40.8 Å². The van der Waals surface area contributed by atoms with Crippen LogP contribution in [0.4, 0.5) is 17.6 Å². The fourth-order valence-electron chi connectivity index (χ4n) is 8.48. The van der Waals surface area contributed by atoms with Gasteiger partial charge in [0.1, 0.15) is 28.5 Å². The number of esters is 1. The first-order valence-corrected chi connectivity index (χ1v) is 28.6. The lowest BCUT2D eigenvalue weighted by Crippen LogP contribution is -2.32. The van der Waals surface area contributed by atoms with Crippen LogP contribution in [-0.4, -0.2) is 183 Å². The number of carboxylic acid groups (broad SMARTS) is 4. The van der Waals surface area contributed by atoms with Crippen molar-refractivity contribution in [2.45, 2.75) is 65.0 Å². The maximum absolute atomic E-state index is 13.7. The van der Waals surface area contributed by atoms with Gasteiger partial charge in [0.2, 0.25) is 23.3 Å². The summed E-state index contributed by atoms with van der Waals surface area (Å²) in [6, 6.07) is 21.2. The van der Waals surface area contributed by atoms with Crippen LogP contribution in [0.5, 0.6) is 11.5 Å². The quantitative estimate of drug-likeness (QED) is 0.00932. The minimum atomic E-state index is -1.83. The molecule has 0 bridgehead atoms. The molecule has 31 heteroatoms. The molecule has 0 spiro atoms. The molecule has 6 aromatic rings. The number of hydrogen-bond acceptors (Lipinski definition) is 21. The second kappa shape index (κ2) is 38.3. The summed E-state index contributed by atoms with van der Waals surface area (Å²) in [5.41, 5.74) is 1.39. The fourth-order valence-corrected chi connectivity index (χ4v) is 8.48. The van der Waals surface area contributed by atoms with Crippen LogP contribution in [0.1, 0.15) is 102 Å². The minimum absolute atomic E-state index is 0.00610. The Hall–Kier alpha value is -9.50. The molecule has 0 atom stereocenters. The molecule has 92 heavy (non-hydrogen) atoms. The van der Waals surface area contributed by atoms with Crippen molar-refractivity contribution in [2.24, 2.45) is 0 Å². The average molecular weight is 1290 g/mol. The number of rotatable bonds is 43. The number of hydrogen-bond donors (Lipinski definition) is 6. The molecule has 0 radical (unpaired) electrons. The van der Waals surface area contributed by atoms with Crippen LogP contribution >= 0.6 is 0 Å². The molecule has 0 fully saturated rings. The fraction of sp³-hybridized carbons (Fsp3) is 0.377. The van der Waals surface area contributed by atoms with Crippen molar-refractivity contribution in [1.82, 2.24) is 45.4 Å². The third-order valence-corrected chi connectivity index (χ3v) is 12.6. The summed E-state index contributed by atoms with van der Waals surface area (Å²) in [5, 5.41) is 44.1. The van der Waals surface area contributed by atoms with Crippen LogP contribution < -0.4 is 20.1 Å². The van der Waals surface area contributed by atoms with Crippen LogP contribution in [0.3, 0.4) is 0 Å². The van der Waals surface area contributed by atoms with E-state index >= 15 is 0 Å². The molecule has 5 heterocycles. The summed E-state index contributed by atoms with van der Waals surface area (Å²) in [6.07, 6.45) is 0.0328. The molecule has 6 N–H and O–H groups in total. The van der Waals surface area contributed by atoms with Gasteiger partial charge in [-0.15, -0.1) is 0 Å². The number of carboxylic acids is 4. The van der Waals surface area contributed by atoms with Crippen LogP contribution in [0.25, 0.3) is 0 Å². The van der Waals surface area contributed by atoms with Crippen molar-refractivity contribution >= 4 is 41.7 Å². The molecule has 6 rings (SSSR count). The van der Waals surface area contributed by atoms with Crippen molar-refractivity contribution in [3.05, 3.63) is 171 Å². The lowest BCUT2D eigenvalue weighted by Gasteiger charge is -2.24. The van der Waals surface area contributed by atoms with Crippen LogP contribution in [-0.2, 0) is 77.3 Å². The Bertz CT molecular complexity index is 3180. The predicted molar refractivity (Wildman–Crippen MR) is 311 cm³/mol. The lowest BCUT2D eigenvalue weighted by atomic mass is 10.2. The molecular weight excluding hydrogens is 1220 g/mol. The lowest BCUT2D eigenvalue weighted by molar-refractivity contribution is -0.135. The molecule has 27 nitrogen and oxygen atoms in total. The Balaban J connectivity index is 0.918. The van der Waals surface area contributed by atoms with Gasteiger partial charge in [0.05, 0.1) is 100 Å². The maximum Gasteiger partial charge on any atom is 0.354 e. The number of ether oxygens (including phenoxy) is 7. The minimum Gasteiger partial charge on any atom is -0.484 e. The van der Waals surface area contributed by atoms with Gasteiger partial charge in [-0.05, 0) is 61.4 Å². The monoisotopic (exact) mass is 1290 g/mol. The van der Waals surface area contributed by atoms with Gasteiger partial charge in [-0.3, -0.25) is 29.2 Å². The molecule has 5 aromatic heterocycles. The number of nitrogens with zero attached hydrogens (tertiary/aromatic N) is 7. The van der Waals surface area contributed by atoms with E-state index in [0.717, 1.165) is 0 Å². The second-order valence-corrected chi connectivity index (χ2v) is 19.9. The Morgan fingerprint density at radius 2 is 0.750 bits per heavy atom. The van der Waals surface area contributed by atoms with E-state index in [2.05, 4.69) is 35.3 Å². The third-order valence-electron chi connectivity index (χ3n) is 12.6. The molecule has 0 saturated carbocycles. The molecule has 0 saturated heterocycles. The number of pyridine rings is 5. The van der Waals surface area contributed by atoms with Crippen LogP contribution in [0, 0.1) is 23.3 Å². The smallest absolute Gasteiger partial charge is 0.354 e. The highest BCUT2D eigenvalue weighted by atomic mass is 19.2. The molecule has 0 aliphatic carbocycles. The zero-order valence-electron chi connectivity index (χ0n) is 49.6. The number of aromatic carboxylic acids is 4. The molecule has 0 aliphatic heterocycles. The van der Waals surface area contributed by atoms with Crippen LogP contribution in [0.2, 0.25) is 0 Å². The highest BCUT2D eigenvalue weighted by Crippen LogP contribution is 2.27. The van der Waals surface area contributed by atoms with E-state index in [1.807, 2.05) is 0 Å². The average Bonchev–Trinajstić information content (AvgIpc) is 0.898. The summed E-state index contributed by atoms with van der Waals surface area (Å²) < 4.78 is 92.0. The third kappa shape index (κ3) is 25.8. The van der Waals surface area contributed by atoms with Gasteiger partial charge in [0.25, 0.3) is 5.91 Å². The van der Waals surface area contributed by atoms with E-state index in [4.69, 9.17) is 33.4 Å². The maximum atomic E-state index is 13.7. The zero-order valence-corrected chi connectivity index (χ0v) is 49.6. The van der Waals surface area contributed by atoms with Gasteiger partial charge in [0.15, 0.2) is 18.2 Å². The van der Waals surface area contributed by atoms with Crippen molar-refractivity contribution in [2.75, 3.05) is 85.8 Å². The first kappa shape index (κ1) is 71.6. The Kier molecular flexibility index (Phi) is 29.8. The van der Waals surface area contributed by atoms with Gasteiger partial charge in [-0.2, -0.15) is 8.78 Å². The topological polar surface area (TPSA) is 360 Å². The number of amides is 2. The number of nitrogens with one attached hydrogen (secondary N) is 2. The van der Waals surface area contributed by atoms with Gasteiger partial charge in [-0.1, -0.05) is 24.3 Å². The van der Waals surface area contributed by atoms with Crippen molar-refractivity contribution < 1.29 is 105 Å². The number of unbranched alkanes of at least 4 members (excludes halogenated alkanes) is 1. The van der Waals surface area contributed by atoms with Gasteiger partial charge < -0.3 is 64.2 Å². The van der Waals surface area contributed by atoms with Crippen molar-refractivity contribution in [3.63, 3.8) is 0 Å². The molecule has 2 amide bonds. The SMILES string of the molecule is O=C(CCCCC(=O)Oc1c(F)c(F)cc(F)c1F)NCCOCCOCCOCCOCCOCCNC(=O)COc1cc(CN(Cc2cccc(C(=O)O)n2)Cc2cccc(C(=O)O)n2)nc(CN(Cc2cccc(C(=O)O)n2)Cc2cccc(C(=O)O)n2)c1. The van der Waals surface area contributed by atoms with E-state index in [9.17, 15) is 71.5 Å². The predicted octanol–water partition coefficient (Wildman–Crippen LogP) is 5.28. The molecule has 0 unspecified atom stereocenters. The normalized spacial score (nSPS) is 11.2. The largest absolute Gasteiger partial charge is 0.484 e. The summed E-state index contributed by atoms with van der Waals surface area (Å²) in [7, 11) is 0. The standard InChI is InChI=1S/C61H67F4N9O18/c62-46-31-47(63)56(65)57(55(46)64)92-54(77)16-2-1-15-52(75)66-17-19-86-21-23-88-25-27-90-28-26-89-24-22-87-20-18-67-53(76)38-91-45-29-43(36-73(32-39-7-3-11-48(69-39)58(78)79)33-40-8-4-12-49(70-40)59(80)81)68-44(30-45)37-74(34-41-9-5-13-50(71-41)60(82)83)35-42-10-6-14-51(72-42)61(84)85/h3-14,29-31H,1-2,15-28,32-38H2,(H,66,75)(H,67,76)(H,78,79)(H,80,81)(H,82,83)(H,84,85). The number of carbonyl (C=O) groups excluding carboxylic acids is 3. The number of halogens is 4. The van der Waals surface area contributed by atoms with Gasteiger partial charge in [-0.25, -0.2) is 47.9 Å². The molecular formula is C61H67F4N9O18. The Morgan fingerprint density at radius 1 is 0.413 bits per heavy atom. The Morgan fingerprint density at radius 3 is 1.12 bits per heavy atom. The molecule has 0 aliphatic rings. The number of aromatic nitrogens is 5. The summed E-state index contributed by atoms with van der Waals surface area (Å²) in [4.78, 5) is 110.